The summed E-state index contributed by atoms with van der Waals surface area (Å²) in [4.78, 5) is 0.175. The van der Waals surface area contributed by atoms with Crippen LogP contribution in [0.2, 0.25) is 0 Å². The first-order valence-electron chi connectivity index (χ1n) is 5.13. The first-order valence-corrected chi connectivity index (χ1v) is 6.94. The van der Waals surface area contributed by atoms with Gasteiger partial charge in [0.15, 0.2) is 0 Å². The van der Waals surface area contributed by atoms with Crippen LogP contribution in [0.4, 0.5) is 0 Å². The summed E-state index contributed by atoms with van der Waals surface area (Å²) < 4.78 is 27.0. The van der Waals surface area contributed by atoms with Crippen LogP contribution in [-0.2, 0) is 10.2 Å². The van der Waals surface area contributed by atoms with Gasteiger partial charge in [-0.1, -0.05) is 12.2 Å². The van der Waals surface area contributed by atoms with E-state index >= 15 is 0 Å². The Bertz CT molecular complexity index is 339. The number of rotatable bonds is 6. The van der Waals surface area contributed by atoms with Crippen LogP contribution in [0.15, 0.2) is 0 Å². The lowest BCUT2D eigenvalue weighted by Crippen LogP contribution is -2.50. The molecule has 0 aliphatic heterocycles. The predicted molar refractivity (Wildman–Crippen MR) is 70.4 cm³/mol. The largest absolute Gasteiger partial charge is 0.392 e. The molecular formula is C9H21N3O2S2. The van der Waals surface area contributed by atoms with E-state index in [4.69, 9.17) is 18.0 Å². The maximum Gasteiger partial charge on any atom is 0.282 e. The summed E-state index contributed by atoms with van der Waals surface area (Å²) in [5, 5.41) is 0. The average molecular weight is 267 g/mol. The average Bonchev–Trinajstić information content (AvgIpc) is 2.11. The lowest BCUT2D eigenvalue weighted by Gasteiger charge is -2.31. The van der Waals surface area contributed by atoms with E-state index in [1.54, 1.807) is 20.9 Å². The first kappa shape index (κ1) is 15.8. The molecule has 2 N–H and O–H groups in total. The third kappa shape index (κ3) is 3.97. The highest BCUT2D eigenvalue weighted by molar-refractivity contribution is 7.87. The van der Waals surface area contributed by atoms with E-state index in [0.717, 1.165) is 0 Å². The van der Waals surface area contributed by atoms with Gasteiger partial charge in [-0.05, 0) is 27.7 Å². The third-order valence-corrected chi connectivity index (χ3v) is 4.70. The number of nitrogens with zero attached hydrogens (tertiary/aromatic N) is 2. The summed E-state index contributed by atoms with van der Waals surface area (Å²) in [5.74, 6) is 0. The summed E-state index contributed by atoms with van der Waals surface area (Å²) in [6.07, 6.45) is 0. The highest BCUT2D eigenvalue weighted by atomic mass is 32.2. The fourth-order valence-electron chi connectivity index (χ4n) is 1.12. The zero-order chi connectivity index (χ0) is 13.1. The Hall–Kier alpha value is -0.240. The van der Waals surface area contributed by atoms with Crippen molar-refractivity contribution in [3.63, 3.8) is 0 Å². The number of hydrogen-bond donors (Lipinski definition) is 1. The van der Waals surface area contributed by atoms with Gasteiger partial charge in [0.1, 0.15) is 0 Å². The minimum Gasteiger partial charge on any atom is -0.392 e. The van der Waals surface area contributed by atoms with Crippen molar-refractivity contribution < 1.29 is 8.42 Å². The summed E-state index contributed by atoms with van der Waals surface area (Å²) in [7, 11) is -1.94. The van der Waals surface area contributed by atoms with E-state index in [1.807, 2.05) is 13.8 Å². The molecule has 7 heteroatoms. The van der Waals surface area contributed by atoms with Gasteiger partial charge in [0.2, 0.25) is 0 Å². The fourth-order valence-corrected chi connectivity index (χ4v) is 3.04. The van der Waals surface area contributed by atoms with E-state index in [0.29, 0.717) is 0 Å². The molecule has 0 fully saturated rings. The Balaban J connectivity index is 5.13. The Morgan fingerprint density at radius 2 is 1.69 bits per heavy atom. The molecule has 0 bridgehead atoms. The fraction of sp³-hybridized carbons (Fsp3) is 0.889. The molecule has 0 atom stereocenters. The maximum absolute atomic E-state index is 12.2. The van der Waals surface area contributed by atoms with Gasteiger partial charge in [0, 0.05) is 19.1 Å². The minimum atomic E-state index is -3.50. The Kier molecular flexibility index (Phi) is 5.81. The summed E-state index contributed by atoms with van der Waals surface area (Å²) >= 11 is 4.77. The quantitative estimate of drug-likeness (QED) is 0.714. The van der Waals surface area contributed by atoms with E-state index < -0.39 is 10.2 Å². The summed E-state index contributed by atoms with van der Waals surface area (Å²) in [6, 6.07) is -0.273. The summed E-state index contributed by atoms with van der Waals surface area (Å²) in [6.45, 7) is 7.30. The van der Waals surface area contributed by atoms with Gasteiger partial charge < -0.3 is 5.73 Å². The van der Waals surface area contributed by atoms with Gasteiger partial charge in [-0.25, -0.2) is 0 Å². The molecule has 0 aliphatic carbocycles. The molecule has 0 unspecified atom stereocenters. The van der Waals surface area contributed by atoms with Crippen molar-refractivity contribution in [2.45, 2.75) is 39.8 Å². The van der Waals surface area contributed by atoms with Crippen LogP contribution in [-0.4, -0.2) is 47.7 Å². The maximum atomic E-state index is 12.2. The van der Waals surface area contributed by atoms with E-state index in [-0.39, 0.29) is 23.6 Å². The molecule has 0 saturated heterocycles. The van der Waals surface area contributed by atoms with Gasteiger partial charge >= 0.3 is 0 Å². The second-order valence-electron chi connectivity index (χ2n) is 4.22. The van der Waals surface area contributed by atoms with Crippen LogP contribution in [0.1, 0.15) is 27.7 Å². The molecule has 16 heavy (non-hydrogen) atoms. The highest BCUT2D eigenvalue weighted by Gasteiger charge is 2.30. The van der Waals surface area contributed by atoms with Gasteiger partial charge in [-0.2, -0.15) is 17.0 Å². The van der Waals surface area contributed by atoms with Crippen molar-refractivity contribution in [1.82, 2.24) is 8.61 Å². The van der Waals surface area contributed by atoms with Crippen molar-refractivity contribution in [1.29, 1.82) is 0 Å². The molecule has 96 valence electrons. The molecule has 0 rings (SSSR count). The van der Waals surface area contributed by atoms with Crippen LogP contribution in [0.3, 0.4) is 0 Å². The molecule has 0 aromatic rings. The van der Waals surface area contributed by atoms with Crippen molar-refractivity contribution in [3.8, 4) is 0 Å². The van der Waals surface area contributed by atoms with Crippen LogP contribution >= 0.6 is 12.2 Å². The monoisotopic (exact) mass is 267 g/mol. The van der Waals surface area contributed by atoms with Gasteiger partial charge in [0.05, 0.1) is 11.5 Å². The Morgan fingerprint density at radius 3 is 1.94 bits per heavy atom. The molecule has 0 amide bonds. The predicted octanol–water partition coefficient (Wildman–Crippen LogP) is 0.568. The molecule has 0 aromatic carbocycles. The number of thiocarbonyl (C=S) groups is 1. The zero-order valence-corrected chi connectivity index (χ0v) is 12.1. The topological polar surface area (TPSA) is 66.6 Å². The lowest BCUT2D eigenvalue weighted by atomic mass is 10.4. The molecule has 0 aromatic heterocycles. The molecular weight excluding hydrogens is 246 g/mol. The van der Waals surface area contributed by atoms with E-state index in [2.05, 4.69) is 0 Å². The van der Waals surface area contributed by atoms with Crippen LogP contribution in [0, 0.1) is 0 Å². The Morgan fingerprint density at radius 1 is 1.25 bits per heavy atom. The summed E-state index contributed by atoms with van der Waals surface area (Å²) in [5.41, 5.74) is 5.41. The highest BCUT2D eigenvalue weighted by Crippen LogP contribution is 2.13. The molecule has 0 heterocycles. The van der Waals surface area contributed by atoms with Crippen LogP contribution < -0.4 is 5.73 Å². The second-order valence-corrected chi connectivity index (χ2v) is 6.69. The van der Waals surface area contributed by atoms with Crippen LogP contribution in [0.5, 0.6) is 0 Å². The van der Waals surface area contributed by atoms with Crippen molar-refractivity contribution in [3.05, 3.63) is 0 Å². The molecule has 5 nitrogen and oxygen atoms in total. The standard InChI is InChI=1S/C9H21N3O2S2/c1-7(2)11(5)16(13,14)12(8(3)4)6-9(10)15/h7-8H,6H2,1-5H3,(H2,10,15). The van der Waals surface area contributed by atoms with Crippen molar-refractivity contribution in [2.75, 3.05) is 13.6 Å². The van der Waals surface area contributed by atoms with Gasteiger partial charge in [-0.3, -0.25) is 0 Å². The van der Waals surface area contributed by atoms with Gasteiger partial charge in [-0.15, -0.1) is 0 Å². The van der Waals surface area contributed by atoms with Crippen molar-refractivity contribution in [2.24, 2.45) is 5.73 Å². The number of hydrogen-bond acceptors (Lipinski definition) is 3. The smallest absolute Gasteiger partial charge is 0.282 e. The Labute approximate surface area is 104 Å². The number of nitrogens with two attached hydrogens (primary N) is 1. The van der Waals surface area contributed by atoms with E-state index in [1.165, 1.54) is 8.61 Å². The minimum absolute atomic E-state index is 0.0758. The zero-order valence-electron chi connectivity index (χ0n) is 10.5. The molecule has 0 aliphatic rings. The molecule has 0 radical (unpaired) electrons. The van der Waals surface area contributed by atoms with Gasteiger partial charge in [0.25, 0.3) is 10.2 Å². The SMILES string of the molecule is CC(C)N(C)S(=O)(=O)N(CC(N)=S)C(C)C. The molecule has 0 saturated carbocycles. The first-order chi connectivity index (χ1) is 7.10. The van der Waals surface area contributed by atoms with E-state index in [9.17, 15) is 8.42 Å². The molecule has 0 spiro atoms. The second kappa shape index (κ2) is 5.90. The normalized spacial score (nSPS) is 13.1. The van der Waals surface area contributed by atoms with Crippen LogP contribution in [0.25, 0.3) is 0 Å². The third-order valence-electron chi connectivity index (χ3n) is 2.28. The van der Waals surface area contributed by atoms with Crippen molar-refractivity contribution >= 4 is 27.4 Å². The lowest BCUT2D eigenvalue weighted by molar-refractivity contribution is 0.323.